The number of thiocarbonyl (C=S) groups is 1. The van der Waals surface area contributed by atoms with Gasteiger partial charge >= 0.3 is 0 Å². The first-order valence-electron chi connectivity index (χ1n) is 5.08. The van der Waals surface area contributed by atoms with Gasteiger partial charge in [0.15, 0.2) is 9.84 Å². The highest BCUT2D eigenvalue weighted by Gasteiger charge is 2.19. The maximum absolute atomic E-state index is 11.5. The molecule has 0 unspecified atom stereocenters. The molecule has 1 amide bonds. The lowest BCUT2D eigenvalue weighted by molar-refractivity contribution is -0.128. The molecule has 0 aliphatic rings. The Kier molecular flexibility index (Phi) is 6.51. The van der Waals surface area contributed by atoms with E-state index in [1.165, 1.54) is 4.90 Å². The van der Waals surface area contributed by atoms with Crippen LogP contribution in [0.5, 0.6) is 0 Å². The van der Waals surface area contributed by atoms with E-state index in [2.05, 4.69) is 12.2 Å². The molecule has 0 spiro atoms. The summed E-state index contributed by atoms with van der Waals surface area (Å²) in [5.41, 5.74) is 5.21. The lowest BCUT2D eigenvalue weighted by Gasteiger charge is -2.18. The van der Waals surface area contributed by atoms with Gasteiger partial charge in [-0.25, -0.2) is 8.42 Å². The summed E-state index contributed by atoms with van der Waals surface area (Å²) in [5.74, 6) is -0.986. The second-order valence-corrected chi connectivity index (χ2v) is 6.08. The first-order valence-corrected chi connectivity index (χ1v) is 7.31. The molecule has 0 aromatic carbocycles. The Balaban J connectivity index is 4.36. The topological polar surface area (TPSA) is 80.5 Å². The highest BCUT2D eigenvalue weighted by atomic mass is 32.2. The minimum Gasteiger partial charge on any atom is -0.393 e. The van der Waals surface area contributed by atoms with Crippen molar-refractivity contribution in [3.05, 3.63) is 0 Å². The summed E-state index contributed by atoms with van der Waals surface area (Å²) >= 11 is 4.59. The van der Waals surface area contributed by atoms with Crippen LogP contribution in [0.4, 0.5) is 0 Å². The van der Waals surface area contributed by atoms with Gasteiger partial charge in [0.25, 0.3) is 0 Å². The Bertz CT molecular complexity index is 348. The smallest absolute Gasteiger partial charge is 0.237 e. The van der Waals surface area contributed by atoms with Gasteiger partial charge in [0.2, 0.25) is 5.91 Å². The summed E-state index contributed by atoms with van der Waals surface area (Å²) in [6.07, 6.45) is 0.128. The molecule has 0 heterocycles. The molecular weight excluding hydrogens is 248 g/mol. The predicted molar refractivity (Wildman–Crippen MR) is 68.0 cm³/mol. The molecule has 16 heavy (non-hydrogen) atoms. The summed E-state index contributed by atoms with van der Waals surface area (Å²) in [6, 6.07) is 0. The van der Waals surface area contributed by atoms with Gasteiger partial charge in [-0.2, -0.15) is 0 Å². The largest absolute Gasteiger partial charge is 0.393 e. The minimum atomic E-state index is -3.40. The average Bonchev–Trinajstić information content (AvgIpc) is 2.16. The van der Waals surface area contributed by atoms with Crippen LogP contribution in [0, 0.1) is 0 Å². The monoisotopic (exact) mass is 266 g/mol. The third-order valence-corrected chi connectivity index (χ3v) is 3.84. The molecule has 2 N–H and O–H groups in total. The molecule has 0 atom stereocenters. The molecule has 0 rings (SSSR count). The van der Waals surface area contributed by atoms with Gasteiger partial charge < -0.3 is 10.6 Å². The molecule has 0 fully saturated rings. The quantitative estimate of drug-likeness (QED) is 0.653. The van der Waals surface area contributed by atoms with Crippen LogP contribution < -0.4 is 5.73 Å². The zero-order chi connectivity index (χ0) is 12.8. The molecule has 0 aliphatic heterocycles. The Labute approximate surface area is 102 Å². The second kappa shape index (κ2) is 6.80. The van der Waals surface area contributed by atoms with E-state index in [-0.39, 0.29) is 23.1 Å². The Morgan fingerprint density at radius 2 is 1.81 bits per heavy atom. The fraction of sp³-hybridized carbons (Fsp3) is 0.778. The summed E-state index contributed by atoms with van der Waals surface area (Å²) < 4.78 is 23.0. The molecule has 0 aromatic rings. The second-order valence-electron chi connectivity index (χ2n) is 3.37. The molecule has 0 aliphatic carbocycles. The van der Waals surface area contributed by atoms with Gasteiger partial charge in [0.05, 0.1) is 10.7 Å². The van der Waals surface area contributed by atoms with Crippen molar-refractivity contribution in [1.29, 1.82) is 0 Å². The molecule has 0 aromatic heterocycles. The van der Waals surface area contributed by atoms with Crippen LogP contribution in [0.3, 0.4) is 0 Å². The number of carbonyl (C=O) groups excluding carboxylic acids is 1. The summed E-state index contributed by atoms with van der Waals surface area (Å²) in [7, 11) is -3.40. The lowest BCUT2D eigenvalue weighted by atomic mass is 10.5. The van der Waals surface area contributed by atoms with Crippen LogP contribution >= 0.6 is 12.2 Å². The Morgan fingerprint density at radius 3 is 2.19 bits per heavy atom. The van der Waals surface area contributed by atoms with Crippen molar-refractivity contribution < 1.29 is 13.2 Å². The van der Waals surface area contributed by atoms with Gasteiger partial charge in [-0.1, -0.05) is 12.2 Å². The van der Waals surface area contributed by atoms with Crippen molar-refractivity contribution >= 4 is 33.0 Å². The molecule has 0 saturated heterocycles. The Morgan fingerprint density at radius 1 is 1.31 bits per heavy atom. The normalized spacial score (nSPS) is 11.1. The van der Waals surface area contributed by atoms with Crippen LogP contribution in [-0.4, -0.2) is 48.8 Å². The van der Waals surface area contributed by atoms with Crippen LogP contribution in [0.1, 0.15) is 20.3 Å². The van der Waals surface area contributed by atoms with Crippen molar-refractivity contribution in [2.24, 2.45) is 5.73 Å². The lowest BCUT2D eigenvalue weighted by Crippen LogP contribution is -2.36. The number of amides is 1. The number of sulfone groups is 1. The summed E-state index contributed by atoms with van der Waals surface area (Å²) in [4.78, 5) is 13.2. The van der Waals surface area contributed by atoms with Crippen molar-refractivity contribution in [3.63, 3.8) is 0 Å². The third-order valence-electron chi connectivity index (χ3n) is 2.12. The number of hydrogen-bond acceptors (Lipinski definition) is 4. The van der Waals surface area contributed by atoms with E-state index in [4.69, 9.17) is 5.73 Å². The van der Waals surface area contributed by atoms with Crippen molar-refractivity contribution in [2.75, 3.05) is 24.6 Å². The van der Waals surface area contributed by atoms with Crippen molar-refractivity contribution in [3.8, 4) is 0 Å². The molecule has 5 nitrogen and oxygen atoms in total. The van der Waals surface area contributed by atoms with E-state index in [1.807, 2.05) is 13.8 Å². The molecule has 0 bridgehead atoms. The first-order chi connectivity index (χ1) is 7.32. The standard InChI is InChI=1S/C9H18N2O3S2/c1-3-11(4-2)9(12)7-16(13,14)6-5-8(10)15/h3-7H2,1-2H3,(H2,10,15). The van der Waals surface area contributed by atoms with Gasteiger partial charge in [-0.15, -0.1) is 0 Å². The van der Waals surface area contributed by atoms with Gasteiger partial charge in [0.1, 0.15) is 5.75 Å². The molecule has 0 radical (unpaired) electrons. The van der Waals surface area contributed by atoms with Gasteiger partial charge in [-0.3, -0.25) is 4.79 Å². The SMILES string of the molecule is CCN(CC)C(=O)CS(=O)(=O)CCC(N)=S. The minimum absolute atomic E-state index is 0.128. The number of nitrogens with zero attached hydrogens (tertiary/aromatic N) is 1. The van der Waals surface area contributed by atoms with E-state index in [0.717, 1.165) is 0 Å². The maximum atomic E-state index is 11.5. The van der Waals surface area contributed by atoms with E-state index >= 15 is 0 Å². The van der Waals surface area contributed by atoms with Crippen molar-refractivity contribution in [1.82, 2.24) is 4.90 Å². The zero-order valence-corrected chi connectivity index (χ0v) is 11.2. The maximum Gasteiger partial charge on any atom is 0.237 e. The van der Waals surface area contributed by atoms with Crippen LogP contribution in [-0.2, 0) is 14.6 Å². The fourth-order valence-corrected chi connectivity index (χ4v) is 2.65. The number of nitrogens with two attached hydrogens (primary N) is 1. The van der Waals surface area contributed by atoms with Crippen LogP contribution in [0.25, 0.3) is 0 Å². The van der Waals surface area contributed by atoms with Gasteiger partial charge in [0, 0.05) is 19.5 Å². The van der Waals surface area contributed by atoms with Gasteiger partial charge in [-0.05, 0) is 13.8 Å². The highest BCUT2D eigenvalue weighted by molar-refractivity contribution is 7.92. The third kappa shape index (κ3) is 6.02. The number of hydrogen-bond donors (Lipinski definition) is 1. The van der Waals surface area contributed by atoms with E-state index in [0.29, 0.717) is 13.1 Å². The summed E-state index contributed by atoms with van der Waals surface area (Å²) in [6.45, 7) is 4.65. The van der Waals surface area contributed by atoms with E-state index < -0.39 is 15.6 Å². The first kappa shape index (κ1) is 15.3. The van der Waals surface area contributed by atoms with Crippen LogP contribution in [0.15, 0.2) is 0 Å². The molecule has 7 heteroatoms. The highest BCUT2D eigenvalue weighted by Crippen LogP contribution is 1.98. The molecule has 94 valence electrons. The fourth-order valence-electron chi connectivity index (χ4n) is 1.18. The Hall–Kier alpha value is -0.690. The number of rotatable bonds is 7. The number of carbonyl (C=O) groups is 1. The van der Waals surface area contributed by atoms with E-state index in [1.54, 1.807) is 0 Å². The average molecular weight is 266 g/mol. The molecular formula is C9H18N2O3S2. The zero-order valence-electron chi connectivity index (χ0n) is 9.60. The summed E-state index contributed by atoms with van der Waals surface area (Å²) in [5, 5.41) is 0. The van der Waals surface area contributed by atoms with Crippen LogP contribution in [0.2, 0.25) is 0 Å². The van der Waals surface area contributed by atoms with Crippen molar-refractivity contribution in [2.45, 2.75) is 20.3 Å². The predicted octanol–water partition coefficient (Wildman–Crippen LogP) is -0.0542. The molecule has 0 saturated carbocycles. The van der Waals surface area contributed by atoms with E-state index in [9.17, 15) is 13.2 Å².